The molecule has 0 bridgehead atoms. The first-order chi connectivity index (χ1) is 7.44. The van der Waals surface area contributed by atoms with Crippen molar-refractivity contribution in [2.24, 2.45) is 5.73 Å². The highest BCUT2D eigenvalue weighted by atomic mass is 32.2. The number of nitrogens with two attached hydrogens (primary N) is 1. The zero-order valence-corrected chi connectivity index (χ0v) is 10.2. The van der Waals surface area contributed by atoms with E-state index < -0.39 is 10.1 Å². The van der Waals surface area contributed by atoms with Crippen LogP contribution in [0.5, 0.6) is 0 Å². The van der Waals surface area contributed by atoms with Gasteiger partial charge in [0.15, 0.2) is 4.77 Å². The van der Waals surface area contributed by atoms with Gasteiger partial charge in [-0.15, -0.1) is 0 Å². The number of hydrogen-bond donors (Lipinski definition) is 3. The Balaban J connectivity index is 2.66. The van der Waals surface area contributed by atoms with E-state index in [0.717, 1.165) is 0 Å². The van der Waals surface area contributed by atoms with Crippen LogP contribution in [-0.2, 0) is 23.1 Å². The molecule has 0 spiro atoms. The summed E-state index contributed by atoms with van der Waals surface area (Å²) in [7, 11) is -3.92. The van der Waals surface area contributed by atoms with E-state index in [1.807, 2.05) is 0 Å². The van der Waals surface area contributed by atoms with E-state index in [9.17, 15) is 8.42 Å². The fraction of sp³-hybridized carbons (Fsp3) is 0.714. The minimum atomic E-state index is -3.92. The monoisotopic (exact) mass is 266 g/mol. The van der Waals surface area contributed by atoms with Crippen LogP contribution in [0.25, 0.3) is 0 Å². The van der Waals surface area contributed by atoms with Gasteiger partial charge in [-0.25, -0.2) is 0 Å². The molecule has 4 N–H and O–H groups in total. The zero-order chi connectivity index (χ0) is 12.2. The maximum atomic E-state index is 10.5. The Hall–Kier alpha value is -0.770. The lowest BCUT2D eigenvalue weighted by Gasteiger charge is -2.04. The number of aromatic nitrogens is 3. The highest BCUT2D eigenvalue weighted by molar-refractivity contribution is 7.85. The lowest BCUT2D eigenvalue weighted by atomic mass is 10.4. The smallest absolute Gasteiger partial charge is 0.264 e. The molecule has 1 rings (SSSR count). The molecule has 0 aliphatic heterocycles. The normalized spacial score (nSPS) is 11.9. The second-order valence-electron chi connectivity index (χ2n) is 3.27. The standard InChI is InChI=1S/C7H14N4O3S2/c8-3-2-6-9-10-7(15)11(6)4-1-5-16(12,13)14/h1-5,8H2,(H,10,15)(H,12,13,14). The number of rotatable bonds is 6. The number of nitrogens with one attached hydrogen (secondary N) is 1. The van der Waals surface area contributed by atoms with Crippen LogP contribution >= 0.6 is 12.2 Å². The van der Waals surface area contributed by atoms with Crippen LogP contribution in [-0.4, -0.2) is 40.0 Å². The SMILES string of the molecule is NCCc1n[nH]c(=S)n1CCCS(=O)(=O)O. The minimum Gasteiger partial charge on any atom is -0.330 e. The molecule has 0 amide bonds. The van der Waals surface area contributed by atoms with Crippen LogP contribution in [0, 0.1) is 4.77 Å². The molecule has 1 aromatic rings. The molecule has 0 unspecified atom stereocenters. The van der Waals surface area contributed by atoms with Crippen molar-refractivity contribution in [2.45, 2.75) is 19.4 Å². The van der Waals surface area contributed by atoms with Crippen molar-refractivity contribution in [3.05, 3.63) is 10.6 Å². The molecule has 16 heavy (non-hydrogen) atoms. The Labute approximate surface area is 98.4 Å². The highest BCUT2D eigenvalue weighted by Crippen LogP contribution is 2.01. The Morgan fingerprint density at radius 1 is 1.56 bits per heavy atom. The quantitative estimate of drug-likeness (QED) is 0.482. The summed E-state index contributed by atoms with van der Waals surface area (Å²) < 4.78 is 31.8. The van der Waals surface area contributed by atoms with Gasteiger partial charge < -0.3 is 10.3 Å². The lowest BCUT2D eigenvalue weighted by Crippen LogP contribution is -2.13. The van der Waals surface area contributed by atoms with Gasteiger partial charge in [-0.3, -0.25) is 9.65 Å². The van der Waals surface area contributed by atoms with Crippen molar-refractivity contribution in [3.8, 4) is 0 Å². The summed E-state index contributed by atoms with van der Waals surface area (Å²) in [6.45, 7) is 0.836. The molecule has 0 aromatic carbocycles. The molecule has 0 radical (unpaired) electrons. The summed E-state index contributed by atoms with van der Waals surface area (Å²) >= 11 is 4.99. The third kappa shape index (κ3) is 4.00. The second-order valence-corrected chi connectivity index (χ2v) is 5.23. The fourth-order valence-electron chi connectivity index (χ4n) is 1.31. The molecule has 0 aliphatic carbocycles. The molecule has 0 aliphatic rings. The fourth-order valence-corrected chi connectivity index (χ4v) is 2.04. The molecule has 0 saturated heterocycles. The first kappa shape index (κ1) is 13.3. The van der Waals surface area contributed by atoms with E-state index >= 15 is 0 Å². The maximum absolute atomic E-state index is 10.5. The van der Waals surface area contributed by atoms with E-state index in [2.05, 4.69) is 10.2 Å². The molecule has 9 heteroatoms. The van der Waals surface area contributed by atoms with Crippen molar-refractivity contribution in [1.82, 2.24) is 14.8 Å². The van der Waals surface area contributed by atoms with Gasteiger partial charge in [0.1, 0.15) is 5.82 Å². The number of nitrogens with zero attached hydrogens (tertiary/aromatic N) is 2. The Kier molecular flexibility index (Phi) is 4.59. The summed E-state index contributed by atoms with van der Waals surface area (Å²) in [5.41, 5.74) is 5.40. The van der Waals surface area contributed by atoms with E-state index in [1.165, 1.54) is 0 Å². The molecule has 7 nitrogen and oxygen atoms in total. The van der Waals surface area contributed by atoms with Gasteiger partial charge in [-0.1, -0.05) is 0 Å². The zero-order valence-electron chi connectivity index (χ0n) is 8.59. The predicted molar refractivity (Wildman–Crippen MR) is 61.2 cm³/mol. The van der Waals surface area contributed by atoms with Crippen molar-refractivity contribution >= 4 is 22.3 Å². The molecule has 0 fully saturated rings. The van der Waals surface area contributed by atoms with Crippen LogP contribution in [0.2, 0.25) is 0 Å². The average Bonchev–Trinajstić information content (AvgIpc) is 2.48. The third-order valence-corrected chi connectivity index (χ3v) is 3.11. The molecular formula is C7H14N4O3S2. The molecule has 1 aromatic heterocycles. The third-order valence-electron chi connectivity index (χ3n) is 1.99. The molecule has 92 valence electrons. The van der Waals surface area contributed by atoms with Crippen LogP contribution < -0.4 is 5.73 Å². The topological polar surface area (TPSA) is 114 Å². The lowest BCUT2D eigenvalue weighted by molar-refractivity contribution is 0.477. The van der Waals surface area contributed by atoms with Crippen LogP contribution in [0.4, 0.5) is 0 Å². The molecule has 1 heterocycles. The van der Waals surface area contributed by atoms with Gasteiger partial charge in [0.2, 0.25) is 0 Å². The van der Waals surface area contributed by atoms with Crippen molar-refractivity contribution in [1.29, 1.82) is 0 Å². The van der Waals surface area contributed by atoms with Gasteiger partial charge in [-0.05, 0) is 25.2 Å². The highest BCUT2D eigenvalue weighted by Gasteiger charge is 2.08. The van der Waals surface area contributed by atoms with Gasteiger partial charge in [0, 0.05) is 13.0 Å². The summed E-state index contributed by atoms with van der Waals surface area (Å²) in [4.78, 5) is 0. The first-order valence-corrected chi connectivity index (χ1v) is 6.75. The van der Waals surface area contributed by atoms with Crippen molar-refractivity contribution in [2.75, 3.05) is 12.3 Å². The molecular weight excluding hydrogens is 252 g/mol. The Bertz CT molecular complexity index is 490. The van der Waals surface area contributed by atoms with Crippen LogP contribution in [0.3, 0.4) is 0 Å². The average molecular weight is 266 g/mol. The Morgan fingerprint density at radius 3 is 2.81 bits per heavy atom. The summed E-state index contributed by atoms with van der Waals surface area (Å²) in [5, 5.41) is 6.59. The van der Waals surface area contributed by atoms with Crippen molar-refractivity contribution in [3.63, 3.8) is 0 Å². The first-order valence-electron chi connectivity index (χ1n) is 4.73. The number of hydrogen-bond acceptors (Lipinski definition) is 5. The maximum Gasteiger partial charge on any atom is 0.264 e. The minimum absolute atomic E-state index is 0.282. The van der Waals surface area contributed by atoms with E-state index in [4.69, 9.17) is 22.5 Å². The van der Waals surface area contributed by atoms with Gasteiger partial charge in [0.05, 0.1) is 5.75 Å². The predicted octanol–water partition coefficient (Wildman–Crippen LogP) is -0.280. The summed E-state index contributed by atoms with van der Waals surface area (Å²) in [6, 6.07) is 0. The molecule has 0 saturated carbocycles. The van der Waals surface area contributed by atoms with E-state index in [0.29, 0.717) is 30.1 Å². The van der Waals surface area contributed by atoms with E-state index in [1.54, 1.807) is 4.57 Å². The number of aromatic amines is 1. The largest absolute Gasteiger partial charge is 0.330 e. The van der Waals surface area contributed by atoms with E-state index in [-0.39, 0.29) is 12.2 Å². The van der Waals surface area contributed by atoms with Gasteiger partial charge in [-0.2, -0.15) is 13.5 Å². The van der Waals surface area contributed by atoms with Gasteiger partial charge in [0.25, 0.3) is 10.1 Å². The van der Waals surface area contributed by atoms with Gasteiger partial charge >= 0.3 is 0 Å². The van der Waals surface area contributed by atoms with Crippen LogP contribution in [0.15, 0.2) is 0 Å². The van der Waals surface area contributed by atoms with Crippen molar-refractivity contribution < 1.29 is 13.0 Å². The van der Waals surface area contributed by atoms with Crippen LogP contribution in [0.1, 0.15) is 12.2 Å². The summed E-state index contributed by atoms with van der Waals surface area (Å²) in [5.74, 6) is 0.407. The Morgan fingerprint density at radius 2 is 2.25 bits per heavy atom. The number of H-pyrrole nitrogens is 1. The second kappa shape index (κ2) is 5.53. The summed E-state index contributed by atoms with van der Waals surface area (Å²) in [6.07, 6.45) is 0.850. The molecule has 0 atom stereocenters.